The molecule has 1 aliphatic heterocycles. The summed E-state index contributed by atoms with van der Waals surface area (Å²) in [4.78, 5) is 8.95. The Hall–Kier alpha value is -2.43. The minimum Gasteiger partial charge on any atom is -0.495 e. The number of aromatic nitrogens is 2. The van der Waals surface area contributed by atoms with Crippen LogP contribution in [0.3, 0.4) is 0 Å². The molecule has 126 valence electrons. The first-order valence-electron chi connectivity index (χ1n) is 7.90. The molecule has 7 heteroatoms. The summed E-state index contributed by atoms with van der Waals surface area (Å²) in [7, 11) is 3.65. The Bertz CT molecular complexity index is 752. The average Bonchev–Trinajstić information content (AvgIpc) is 3.02. The molecule has 24 heavy (non-hydrogen) atoms. The van der Waals surface area contributed by atoms with Gasteiger partial charge in [-0.15, -0.1) is 0 Å². The highest BCUT2D eigenvalue weighted by Crippen LogP contribution is 2.25. The molecule has 0 amide bonds. The highest BCUT2D eigenvalue weighted by atomic mass is 16.5. The molecule has 1 aromatic heterocycles. The van der Waals surface area contributed by atoms with E-state index < -0.39 is 0 Å². The number of aryl methyl sites for hydroxylation is 1. The second kappa shape index (κ2) is 6.99. The van der Waals surface area contributed by atoms with Gasteiger partial charge in [0.2, 0.25) is 5.89 Å². The second-order valence-electron chi connectivity index (χ2n) is 6.06. The van der Waals surface area contributed by atoms with Crippen LogP contribution in [0.4, 0.5) is 0 Å². The second-order valence-corrected chi connectivity index (χ2v) is 6.06. The van der Waals surface area contributed by atoms with Crippen molar-refractivity contribution in [2.75, 3.05) is 33.8 Å². The standard InChI is InChI=1S/C17H21N5O2/c1-12-19-17(24-20-12)15-11-22(7-6-21(15)2)10-13-4-5-16(23-3)14(8-13)9-18/h4-5,8,15H,6-7,10-11H2,1-3H3. The van der Waals surface area contributed by atoms with Crippen molar-refractivity contribution in [1.29, 1.82) is 5.26 Å². The first-order valence-corrected chi connectivity index (χ1v) is 7.90. The van der Waals surface area contributed by atoms with E-state index in [9.17, 15) is 5.26 Å². The minimum absolute atomic E-state index is 0.0913. The van der Waals surface area contributed by atoms with Gasteiger partial charge in [0.05, 0.1) is 12.7 Å². The van der Waals surface area contributed by atoms with Gasteiger partial charge >= 0.3 is 0 Å². The zero-order chi connectivity index (χ0) is 17.1. The number of ether oxygens (including phenoxy) is 1. The molecule has 1 fully saturated rings. The van der Waals surface area contributed by atoms with Gasteiger partial charge in [-0.05, 0) is 31.7 Å². The molecule has 1 aliphatic rings. The van der Waals surface area contributed by atoms with Crippen LogP contribution in [0.1, 0.15) is 28.9 Å². The van der Waals surface area contributed by atoms with Crippen molar-refractivity contribution in [2.45, 2.75) is 19.5 Å². The molecule has 1 unspecified atom stereocenters. The van der Waals surface area contributed by atoms with Gasteiger partial charge in [-0.2, -0.15) is 10.2 Å². The number of hydrogen-bond donors (Lipinski definition) is 0. The topological polar surface area (TPSA) is 78.4 Å². The predicted molar refractivity (Wildman–Crippen MR) is 87.4 cm³/mol. The van der Waals surface area contributed by atoms with Crippen molar-refractivity contribution in [3.05, 3.63) is 41.0 Å². The van der Waals surface area contributed by atoms with E-state index in [1.807, 2.05) is 25.1 Å². The number of likely N-dealkylation sites (N-methyl/N-ethyl adjacent to an activating group) is 1. The Balaban J connectivity index is 1.73. The molecule has 7 nitrogen and oxygen atoms in total. The summed E-state index contributed by atoms with van der Waals surface area (Å²) in [5.74, 6) is 1.93. The zero-order valence-electron chi connectivity index (χ0n) is 14.2. The fraction of sp³-hybridized carbons (Fsp3) is 0.471. The molecule has 0 saturated carbocycles. The molecular formula is C17H21N5O2. The van der Waals surface area contributed by atoms with E-state index in [-0.39, 0.29) is 6.04 Å². The van der Waals surface area contributed by atoms with Crippen molar-refractivity contribution < 1.29 is 9.26 Å². The SMILES string of the molecule is COc1ccc(CN2CCN(C)C(c3nc(C)no3)C2)cc1C#N. The fourth-order valence-electron chi connectivity index (χ4n) is 2.99. The molecular weight excluding hydrogens is 306 g/mol. The van der Waals surface area contributed by atoms with Gasteiger partial charge in [0.25, 0.3) is 0 Å². The van der Waals surface area contributed by atoms with E-state index in [1.165, 1.54) is 0 Å². The Labute approximate surface area is 141 Å². The molecule has 1 aromatic carbocycles. The molecule has 0 bridgehead atoms. The third-order valence-corrected chi connectivity index (χ3v) is 4.35. The van der Waals surface area contributed by atoms with Gasteiger partial charge in [0.15, 0.2) is 5.82 Å². The van der Waals surface area contributed by atoms with Crippen LogP contribution in [0.15, 0.2) is 22.7 Å². The monoisotopic (exact) mass is 327 g/mol. The molecule has 2 aromatic rings. The van der Waals surface area contributed by atoms with Crippen LogP contribution in [0.5, 0.6) is 5.75 Å². The van der Waals surface area contributed by atoms with Gasteiger partial charge in [0, 0.05) is 26.2 Å². The van der Waals surface area contributed by atoms with Crippen LogP contribution in [0.2, 0.25) is 0 Å². The first-order chi connectivity index (χ1) is 11.6. The predicted octanol–water partition coefficient (Wildman–Crippen LogP) is 1.75. The van der Waals surface area contributed by atoms with Gasteiger partial charge in [-0.1, -0.05) is 11.2 Å². The summed E-state index contributed by atoms with van der Waals surface area (Å²) in [6.07, 6.45) is 0. The summed E-state index contributed by atoms with van der Waals surface area (Å²) in [5, 5.41) is 13.1. The summed E-state index contributed by atoms with van der Waals surface area (Å²) >= 11 is 0. The number of piperazine rings is 1. The van der Waals surface area contributed by atoms with Crippen molar-refractivity contribution in [3.63, 3.8) is 0 Å². The summed E-state index contributed by atoms with van der Waals surface area (Å²) < 4.78 is 10.6. The largest absolute Gasteiger partial charge is 0.495 e. The van der Waals surface area contributed by atoms with Crippen LogP contribution in [-0.2, 0) is 6.54 Å². The molecule has 0 spiro atoms. The van der Waals surface area contributed by atoms with E-state index >= 15 is 0 Å². The number of rotatable bonds is 4. The number of methoxy groups -OCH3 is 1. The normalized spacial score (nSPS) is 19.2. The lowest BCUT2D eigenvalue weighted by Crippen LogP contribution is -2.46. The van der Waals surface area contributed by atoms with Crippen LogP contribution in [0, 0.1) is 18.3 Å². The van der Waals surface area contributed by atoms with Crippen LogP contribution < -0.4 is 4.74 Å². The Morgan fingerprint density at radius 3 is 2.92 bits per heavy atom. The Morgan fingerprint density at radius 2 is 2.25 bits per heavy atom. The smallest absolute Gasteiger partial charge is 0.245 e. The summed E-state index contributed by atoms with van der Waals surface area (Å²) in [6.45, 7) is 5.29. The molecule has 0 aliphatic carbocycles. The maximum atomic E-state index is 9.23. The van der Waals surface area contributed by atoms with Crippen molar-refractivity contribution >= 4 is 0 Å². The molecule has 1 atom stereocenters. The minimum atomic E-state index is 0.0913. The lowest BCUT2D eigenvalue weighted by Gasteiger charge is -2.37. The van der Waals surface area contributed by atoms with Gasteiger partial charge < -0.3 is 9.26 Å². The van der Waals surface area contributed by atoms with Crippen LogP contribution in [-0.4, -0.2) is 53.7 Å². The Kier molecular flexibility index (Phi) is 4.79. The lowest BCUT2D eigenvalue weighted by atomic mass is 10.1. The van der Waals surface area contributed by atoms with E-state index in [0.717, 1.165) is 31.7 Å². The average molecular weight is 327 g/mol. The Morgan fingerprint density at radius 1 is 1.42 bits per heavy atom. The summed E-state index contributed by atoms with van der Waals surface area (Å²) in [6, 6.07) is 8.02. The third-order valence-electron chi connectivity index (χ3n) is 4.35. The first kappa shape index (κ1) is 16.4. The van der Waals surface area contributed by atoms with Crippen molar-refractivity contribution in [2.24, 2.45) is 0 Å². The summed E-state index contributed by atoms with van der Waals surface area (Å²) in [5.41, 5.74) is 1.66. The molecule has 0 radical (unpaired) electrons. The van der Waals surface area contributed by atoms with Gasteiger partial charge in [-0.25, -0.2) is 0 Å². The van der Waals surface area contributed by atoms with Crippen molar-refractivity contribution in [1.82, 2.24) is 19.9 Å². The van der Waals surface area contributed by atoms with Gasteiger partial charge in [-0.3, -0.25) is 9.80 Å². The zero-order valence-corrected chi connectivity index (χ0v) is 14.2. The molecule has 2 heterocycles. The third kappa shape index (κ3) is 3.40. The highest BCUT2D eigenvalue weighted by Gasteiger charge is 2.29. The van der Waals surface area contributed by atoms with Crippen LogP contribution >= 0.6 is 0 Å². The van der Waals surface area contributed by atoms with E-state index in [0.29, 0.717) is 23.0 Å². The quantitative estimate of drug-likeness (QED) is 0.846. The van der Waals surface area contributed by atoms with E-state index in [2.05, 4.69) is 33.1 Å². The van der Waals surface area contributed by atoms with Gasteiger partial charge in [0.1, 0.15) is 17.9 Å². The van der Waals surface area contributed by atoms with Crippen LogP contribution in [0.25, 0.3) is 0 Å². The maximum absolute atomic E-state index is 9.23. The van der Waals surface area contributed by atoms with E-state index in [4.69, 9.17) is 9.26 Å². The molecule has 0 N–H and O–H groups in total. The van der Waals surface area contributed by atoms with E-state index in [1.54, 1.807) is 7.11 Å². The molecule has 3 rings (SSSR count). The molecule has 1 saturated heterocycles. The lowest BCUT2D eigenvalue weighted by molar-refractivity contribution is 0.0714. The number of nitrogens with zero attached hydrogens (tertiary/aromatic N) is 5. The maximum Gasteiger partial charge on any atom is 0.245 e. The number of nitriles is 1. The fourth-order valence-corrected chi connectivity index (χ4v) is 2.99. The number of hydrogen-bond acceptors (Lipinski definition) is 7. The number of benzene rings is 1. The van der Waals surface area contributed by atoms with Crippen molar-refractivity contribution in [3.8, 4) is 11.8 Å². The highest BCUT2D eigenvalue weighted by molar-refractivity contribution is 5.45.